The van der Waals surface area contributed by atoms with Gasteiger partial charge in [0.2, 0.25) is 0 Å². The smallest absolute Gasteiger partial charge is 0.311 e. The van der Waals surface area contributed by atoms with E-state index in [4.69, 9.17) is 4.74 Å². The molecule has 1 aliphatic carbocycles. The lowest BCUT2D eigenvalue weighted by molar-refractivity contribution is -0.154. The summed E-state index contributed by atoms with van der Waals surface area (Å²) in [6.45, 7) is 2.63. The van der Waals surface area contributed by atoms with Gasteiger partial charge in [0.15, 0.2) is 0 Å². The van der Waals surface area contributed by atoms with Crippen LogP contribution in [-0.4, -0.2) is 23.8 Å². The van der Waals surface area contributed by atoms with E-state index in [2.05, 4.69) is 6.92 Å². The number of hydrogen-bond acceptors (Lipinski definition) is 3. The molecule has 3 nitrogen and oxygen atoms in total. The first-order valence-electron chi connectivity index (χ1n) is 6.10. The lowest BCUT2D eigenvalue weighted by Gasteiger charge is -2.25. The Bertz CT molecular complexity index is 191. The highest BCUT2D eigenvalue weighted by Crippen LogP contribution is 2.25. The molecule has 1 N–H and O–H groups in total. The van der Waals surface area contributed by atoms with E-state index in [-0.39, 0.29) is 11.9 Å². The highest BCUT2D eigenvalue weighted by molar-refractivity contribution is 5.73. The molecule has 2 atom stereocenters. The van der Waals surface area contributed by atoms with E-state index in [1.165, 1.54) is 0 Å². The molecule has 0 aromatic carbocycles. The largest absolute Gasteiger partial charge is 0.465 e. The van der Waals surface area contributed by atoms with Crippen molar-refractivity contribution in [1.29, 1.82) is 0 Å². The molecular formula is C12H22O3. The summed E-state index contributed by atoms with van der Waals surface area (Å²) >= 11 is 0. The van der Waals surface area contributed by atoms with Gasteiger partial charge in [0.25, 0.3) is 0 Å². The van der Waals surface area contributed by atoms with Crippen molar-refractivity contribution in [2.75, 3.05) is 6.61 Å². The van der Waals surface area contributed by atoms with E-state index in [1.54, 1.807) is 0 Å². The Morgan fingerprint density at radius 2 is 2.07 bits per heavy atom. The van der Waals surface area contributed by atoms with E-state index in [9.17, 15) is 9.90 Å². The molecule has 2 unspecified atom stereocenters. The molecule has 0 saturated heterocycles. The van der Waals surface area contributed by atoms with Crippen LogP contribution in [0.25, 0.3) is 0 Å². The Labute approximate surface area is 91.8 Å². The molecule has 1 aliphatic rings. The van der Waals surface area contributed by atoms with Gasteiger partial charge < -0.3 is 9.84 Å². The van der Waals surface area contributed by atoms with Crippen LogP contribution in [0.15, 0.2) is 0 Å². The summed E-state index contributed by atoms with van der Waals surface area (Å²) in [7, 11) is 0. The highest BCUT2D eigenvalue weighted by Gasteiger charge is 2.30. The van der Waals surface area contributed by atoms with Crippen molar-refractivity contribution < 1.29 is 14.6 Å². The van der Waals surface area contributed by atoms with Crippen molar-refractivity contribution in [2.24, 2.45) is 5.92 Å². The summed E-state index contributed by atoms with van der Waals surface area (Å²) in [5, 5.41) is 9.64. The van der Waals surface area contributed by atoms with Gasteiger partial charge in [0, 0.05) is 0 Å². The Kier molecular flexibility index (Phi) is 5.69. The average molecular weight is 214 g/mol. The van der Waals surface area contributed by atoms with E-state index >= 15 is 0 Å². The van der Waals surface area contributed by atoms with Crippen LogP contribution in [0.4, 0.5) is 0 Å². The second-order valence-corrected chi connectivity index (χ2v) is 4.33. The van der Waals surface area contributed by atoms with Crippen molar-refractivity contribution in [3.8, 4) is 0 Å². The molecule has 15 heavy (non-hydrogen) atoms. The summed E-state index contributed by atoms with van der Waals surface area (Å²) in [6.07, 6.45) is 6.28. The molecule has 0 aromatic rings. The maximum atomic E-state index is 11.6. The molecule has 0 heterocycles. The molecule has 88 valence electrons. The number of unbranched alkanes of at least 4 members (excludes halogenated alkanes) is 2. The van der Waals surface area contributed by atoms with Gasteiger partial charge in [-0.1, -0.05) is 32.6 Å². The number of aliphatic hydroxyl groups is 1. The topological polar surface area (TPSA) is 46.5 Å². The molecule has 0 radical (unpaired) electrons. The summed E-state index contributed by atoms with van der Waals surface area (Å²) in [4.78, 5) is 11.6. The quantitative estimate of drug-likeness (QED) is 0.564. The van der Waals surface area contributed by atoms with Gasteiger partial charge in [-0.3, -0.25) is 4.79 Å². The van der Waals surface area contributed by atoms with Gasteiger partial charge in [-0.25, -0.2) is 0 Å². The maximum Gasteiger partial charge on any atom is 0.311 e. The monoisotopic (exact) mass is 214 g/mol. The summed E-state index contributed by atoms with van der Waals surface area (Å²) in [5.41, 5.74) is 0. The molecule has 0 amide bonds. The van der Waals surface area contributed by atoms with E-state index in [0.29, 0.717) is 6.61 Å². The van der Waals surface area contributed by atoms with Crippen molar-refractivity contribution in [1.82, 2.24) is 0 Å². The third-order valence-electron chi connectivity index (χ3n) is 3.02. The number of aliphatic hydroxyl groups excluding tert-OH is 1. The lowest BCUT2D eigenvalue weighted by atomic mass is 9.87. The fourth-order valence-electron chi connectivity index (χ4n) is 2.02. The van der Waals surface area contributed by atoms with Crippen LogP contribution >= 0.6 is 0 Å². The second kappa shape index (κ2) is 6.83. The van der Waals surface area contributed by atoms with Crippen LogP contribution in [0.3, 0.4) is 0 Å². The molecular weight excluding hydrogens is 192 g/mol. The SMILES string of the molecule is CCCCCOC(=O)C1CCCCC1O. The van der Waals surface area contributed by atoms with Crippen LogP contribution in [0.2, 0.25) is 0 Å². The Morgan fingerprint density at radius 1 is 1.33 bits per heavy atom. The van der Waals surface area contributed by atoms with Gasteiger partial charge in [0.1, 0.15) is 0 Å². The number of esters is 1. The lowest BCUT2D eigenvalue weighted by Crippen LogP contribution is -2.32. The van der Waals surface area contributed by atoms with Gasteiger partial charge in [-0.15, -0.1) is 0 Å². The Morgan fingerprint density at radius 3 is 2.73 bits per heavy atom. The predicted octanol–water partition coefficient (Wildman–Crippen LogP) is 2.27. The van der Waals surface area contributed by atoms with Gasteiger partial charge >= 0.3 is 5.97 Å². The number of rotatable bonds is 5. The Balaban J connectivity index is 2.20. The van der Waals surface area contributed by atoms with Crippen LogP contribution in [0, 0.1) is 5.92 Å². The molecule has 0 spiro atoms. The van der Waals surface area contributed by atoms with Crippen molar-refractivity contribution in [3.05, 3.63) is 0 Å². The zero-order valence-electron chi connectivity index (χ0n) is 9.58. The fraction of sp³-hybridized carbons (Fsp3) is 0.917. The van der Waals surface area contributed by atoms with E-state index in [1.807, 2.05) is 0 Å². The molecule has 0 aliphatic heterocycles. The second-order valence-electron chi connectivity index (χ2n) is 4.33. The molecule has 1 fully saturated rings. The first kappa shape index (κ1) is 12.5. The number of ether oxygens (including phenoxy) is 1. The van der Waals surface area contributed by atoms with E-state index in [0.717, 1.165) is 44.9 Å². The first-order chi connectivity index (χ1) is 7.25. The minimum atomic E-state index is -0.475. The average Bonchev–Trinajstić information content (AvgIpc) is 2.25. The molecule has 0 bridgehead atoms. The van der Waals surface area contributed by atoms with Gasteiger partial charge in [0.05, 0.1) is 18.6 Å². The third kappa shape index (κ3) is 4.20. The van der Waals surface area contributed by atoms with Crippen LogP contribution < -0.4 is 0 Å². The van der Waals surface area contributed by atoms with E-state index < -0.39 is 6.10 Å². The third-order valence-corrected chi connectivity index (χ3v) is 3.02. The predicted molar refractivity (Wildman–Crippen MR) is 58.4 cm³/mol. The normalized spacial score (nSPS) is 26.3. The maximum absolute atomic E-state index is 11.6. The van der Waals surface area contributed by atoms with Crippen LogP contribution in [0.1, 0.15) is 51.9 Å². The number of carbonyl (C=O) groups is 1. The summed E-state index contributed by atoms with van der Waals surface area (Å²) < 4.78 is 5.16. The van der Waals surface area contributed by atoms with Crippen molar-refractivity contribution in [2.45, 2.75) is 58.0 Å². The van der Waals surface area contributed by atoms with Crippen molar-refractivity contribution >= 4 is 5.97 Å². The van der Waals surface area contributed by atoms with Crippen LogP contribution in [0.5, 0.6) is 0 Å². The Hall–Kier alpha value is -0.570. The number of carbonyl (C=O) groups excluding carboxylic acids is 1. The summed E-state index contributed by atoms with van der Waals surface area (Å²) in [6, 6.07) is 0. The zero-order chi connectivity index (χ0) is 11.1. The van der Waals surface area contributed by atoms with Crippen LogP contribution in [-0.2, 0) is 9.53 Å². The summed E-state index contributed by atoms with van der Waals surface area (Å²) in [5.74, 6) is -0.460. The van der Waals surface area contributed by atoms with Crippen molar-refractivity contribution in [3.63, 3.8) is 0 Å². The molecule has 0 aromatic heterocycles. The minimum Gasteiger partial charge on any atom is -0.465 e. The first-order valence-corrected chi connectivity index (χ1v) is 6.10. The molecule has 3 heteroatoms. The van der Waals surface area contributed by atoms with Gasteiger partial charge in [-0.05, 0) is 19.3 Å². The standard InChI is InChI=1S/C12H22O3/c1-2-3-6-9-15-12(14)10-7-4-5-8-11(10)13/h10-11,13H,2-9H2,1H3. The zero-order valence-corrected chi connectivity index (χ0v) is 9.58. The fourth-order valence-corrected chi connectivity index (χ4v) is 2.02. The minimum absolute atomic E-state index is 0.196. The highest BCUT2D eigenvalue weighted by atomic mass is 16.5. The number of hydrogen-bond donors (Lipinski definition) is 1. The molecule has 1 saturated carbocycles. The van der Waals surface area contributed by atoms with Gasteiger partial charge in [-0.2, -0.15) is 0 Å². The molecule has 1 rings (SSSR count).